The third-order valence-corrected chi connectivity index (χ3v) is 2.31. The minimum absolute atomic E-state index is 0.0500. The number of hydrogen-bond donors (Lipinski definition) is 1. The van der Waals surface area contributed by atoms with Gasteiger partial charge in [0.25, 0.3) is 0 Å². The Labute approximate surface area is 83.9 Å². The first-order chi connectivity index (χ1) is 5.88. The van der Waals surface area contributed by atoms with Crippen molar-refractivity contribution in [3.05, 3.63) is 10.7 Å². The summed E-state index contributed by atoms with van der Waals surface area (Å²) in [5.41, 5.74) is 6.60. The Bertz CT molecular complexity index is 309. The summed E-state index contributed by atoms with van der Waals surface area (Å²) in [5, 5.41) is 4.95. The van der Waals surface area contributed by atoms with E-state index in [1.54, 1.807) is 4.68 Å². The normalized spacial score (nSPS) is 12.1. The Morgan fingerprint density at radius 1 is 1.46 bits per heavy atom. The number of nitrogen functional groups attached to an aromatic ring is 1. The number of halogens is 1. The quantitative estimate of drug-likeness (QED) is 0.759. The third-order valence-electron chi connectivity index (χ3n) is 1.94. The van der Waals surface area contributed by atoms with Gasteiger partial charge >= 0.3 is 0 Å². The first-order valence-corrected chi connectivity index (χ1v) is 4.78. The van der Waals surface area contributed by atoms with Crippen molar-refractivity contribution in [3.63, 3.8) is 0 Å². The predicted molar refractivity (Wildman–Crippen MR) is 56.0 cm³/mol. The Kier molecular flexibility index (Phi) is 2.57. The third kappa shape index (κ3) is 1.80. The molecule has 0 aromatic carbocycles. The van der Waals surface area contributed by atoms with Crippen molar-refractivity contribution in [2.75, 3.05) is 5.73 Å². The summed E-state index contributed by atoms with van der Waals surface area (Å²) in [7, 11) is 0. The fourth-order valence-corrected chi connectivity index (χ4v) is 1.59. The van der Waals surface area contributed by atoms with Gasteiger partial charge in [-0.2, -0.15) is 5.10 Å². The topological polar surface area (TPSA) is 43.8 Å². The van der Waals surface area contributed by atoms with E-state index in [2.05, 4.69) is 25.9 Å². The Hall–Kier alpha value is -0.700. The van der Waals surface area contributed by atoms with E-state index >= 15 is 0 Å². The summed E-state index contributed by atoms with van der Waals surface area (Å²) in [6.07, 6.45) is 0. The van der Waals surface area contributed by atoms with Crippen LogP contribution in [0.4, 0.5) is 5.82 Å². The molecule has 0 fully saturated rings. The molecular formula is C9H16ClN3. The van der Waals surface area contributed by atoms with Crippen molar-refractivity contribution in [2.24, 2.45) is 0 Å². The number of aryl methyl sites for hydroxylation is 1. The molecule has 0 aliphatic rings. The van der Waals surface area contributed by atoms with Crippen molar-refractivity contribution in [1.29, 1.82) is 0 Å². The highest BCUT2D eigenvalue weighted by Gasteiger charge is 2.24. The highest BCUT2D eigenvalue weighted by molar-refractivity contribution is 6.33. The lowest BCUT2D eigenvalue weighted by atomic mass is 9.92. The lowest BCUT2D eigenvalue weighted by Crippen LogP contribution is -2.13. The molecule has 0 bridgehead atoms. The highest BCUT2D eigenvalue weighted by Crippen LogP contribution is 2.32. The van der Waals surface area contributed by atoms with Gasteiger partial charge in [0.2, 0.25) is 0 Å². The number of rotatable bonds is 1. The second kappa shape index (κ2) is 3.22. The maximum atomic E-state index is 6.07. The van der Waals surface area contributed by atoms with Crippen LogP contribution in [-0.4, -0.2) is 9.78 Å². The van der Waals surface area contributed by atoms with Crippen LogP contribution in [0.15, 0.2) is 0 Å². The van der Waals surface area contributed by atoms with Gasteiger partial charge in [-0.1, -0.05) is 32.4 Å². The molecule has 0 radical (unpaired) electrons. The molecule has 1 aromatic rings. The molecule has 0 spiro atoms. The first kappa shape index (κ1) is 10.4. The molecule has 1 heterocycles. The van der Waals surface area contributed by atoms with Crippen LogP contribution in [0.1, 0.15) is 33.4 Å². The van der Waals surface area contributed by atoms with Crippen LogP contribution in [0.5, 0.6) is 0 Å². The molecule has 0 aliphatic heterocycles. The van der Waals surface area contributed by atoms with Crippen LogP contribution in [0.2, 0.25) is 5.02 Å². The smallest absolute Gasteiger partial charge is 0.140 e. The van der Waals surface area contributed by atoms with E-state index in [0.717, 1.165) is 12.2 Å². The molecule has 74 valence electrons. The van der Waals surface area contributed by atoms with Crippen LogP contribution < -0.4 is 5.73 Å². The van der Waals surface area contributed by atoms with Gasteiger partial charge in [0.15, 0.2) is 0 Å². The predicted octanol–water partition coefficient (Wildman–Crippen LogP) is 2.44. The fourth-order valence-electron chi connectivity index (χ4n) is 1.17. The van der Waals surface area contributed by atoms with Crippen LogP contribution >= 0.6 is 11.6 Å². The molecule has 0 saturated heterocycles. The zero-order valence-electron chi connectivity index (χ0n) is 8.56. The Morgan fingerprint density at radius 3 is 2.23 bits per heavy atom. The SMILES string of the molecule is CCn1nc(C(C)(C)C)c(Cl)c1N. The van der Waals surface area contributed by atoms with Gasteiger partial charge in [0.1, 0.15) is 10.8 Å². The number of aromatic nitrogens is 2. The van der Waals surface area contributed by atoms with Crippen molar-refractivity contribution in [1.82, 2.24) is 9.78 Å². The largest absolute Gasteiger partial charge is 0.383 e. The van der Waals surface area contributed by atoms with E-state index < -0.39 is 0 Å². The molecule has 1 rings (SSSR count). The van der Waals surface area contributed by atoms with Crippen LogP contribution in [0.3, 0.4) is 0 Å². The molecule has 4 heteroatoms. The van der Waals surface area contributed by atoms with Gasteiger partial charge in [0.05, 0.1) is 5.69 Å². The van der Waals surface area contributed by atoms with Gasteiger partial charge < -0.3 is 5.73 Å². The summed E-state index contributed by atoms with van der Waals surface area (Å²) in [6, 6.07) is 0. The van der Waals surface area contributed by atoms with E-state index in [0.29, 0.717) is 10.8 Å². The average Bonchev–Trinajstić information content (AvgIpc) is 2.28. The molecule has 0 unspecified atom stereocenters. The summed E-state index contributed by atoms with van der Waals surface area (Å²) in [5.74, 6) is 0.564. The van der Waals surface area contributed by atoms with Gasteiger partial charge in [0, 0.05) is 12.0 Å². The second-order valence-electron chi connectivity index (χ2n) is 4.11. The molecule has 3 nitrogen and oxygen atoms in total. The van der Waals surface area contributed by atoms with Crippen molar-refractivity contribution in [3.8, 4) is 0 Å². The van der Waals surface area contributed by atoms with Gasteiger partial charge in [-0.15, -0.1) is 0 Å². The molecular weight excluding hydrogens is 186 g/mol. The van der Waals surface area contributed by atoms with Gasteiger partial charge in [-0.05, 0) is 6.92 Å². The van der Waals surface area contributed by atoms with E-state index in [-0.39, 0.29) is 5.41 Å². The first-order valence-electron chi connectivity index (χ1n) is 4.40. The second-order valence-corrected chi connectivity index (χ2v) is 4.49. The molecule has 2 N–H and O–H groups in total. The fraction of sp³-hybridized carbons (Fsp3) is 0.667. The van der Waals surface area contributed by atoms with E-state index in [9.17, 15) is 0 Å². The van der Waals surface area contributed by atoms with E-state index in [1.165, 1.54) is 0 Å². The lowest BCUT2D eigenvalue weighted by molar-refractivity contribution is 0.542. The Morgan fingerprint density at radius 2 is 2.00 bits per heavy atom. The van der Waals surface area contributed by atoms with Crippen LogP contribution in [0.25, 0.3) is 0 Å². The maximum absolute atomic E-state index is 6.07. The molecule has 0 atom stereocenters. The number of anilines is 1. The number of nitrogens with two attached hydrogens (primary N) is 1. The molecule has 1 aromatic heterocycles. The summed E-state index contributed by atoms with van der Waals surface area (Å²) in [4.78, 5) is 0. The summed E-state index contributed by atoms with van der Waals surface area (Å²) in [6.45, 7) is 8.95. The van der Waals surface area contributed by atoms with Gasteiger partial charge in [-0.3, -0.25) is 0 Å². The minimum Gasteiger partial charge on any atom is -0.383 e. The Balaban J connectivity index is 3.25. The lowest BCUT2D eigenvalue weighted by Gasteiger charge is -2.14. The van der Waals surface area contributed by atoms with Gasteiger partial charge in [-0.25, -0.2) is 4.68 Å². The zero-order valence-corrected chi connectivity index (χ0v) is 9.31. The number of hydrogen-bond acceptors (Lipinski definition) is 2. The molecule has 13 heavy (non-hydrogen) atoms. The van der Waals surface area contributed by atoms with Crippen LogP contribution in [0, 0.1) is 0 Å². The standard InChI is InChI=1S/C9H16ClN3/c1-5-13-8(11)6(10)7(12-13)9(2,3)4/h5,11H2,1-4H3. The number of nitrogens with zero attached hydrogens (tertiary/aromatic N) is 2. The van der Waals surface area contributed by atoms with Crippen LogP contribution in [-0.2, 0) is 12.0 Å². The zero-order chi connectivity index (χ0) is 10.2. The highest BCUT2D eigenvalue weighted by atomic mass is 35.5. The van der Waals surface area contributed by atoms with Crippen molar-refractivity contribution < 1.29 is 0 Å². The van der Waals surface area contributed by atoms with Crippen molar-refractivity contribution >= 4 is 17.4 Å². The van der Waals surface area contributed by atoms with E-state index in [1.807, 2.05) is 6.92 Å². The molecule has 0 amide bonds. The van der Waals surface area contributed by atoms with Crippen molar-refractivity contribution in [2.45, 2.75) is 39.7 Å². The van der Waals surface area contributed by atoms with E-state index in [4.69, 9.17) is 17.3 Å². The monoisotopic (exact) mass is 201 g/mol. The molecule has 0 aliphatic carbocycles. The molecule has 0 saturated carbocycles. The summed E-state index contributed by atoms with van der Waals surface area (Å²) < 4.78 is 1.73. The average molecular weight is 202 g/mol. The summed E-state index contributed by atoms with van der Waals surface area (Å²) >= 11 is 6.07. The minimum atomic E-state index is -0.0500. The maximum Gasteiger partial charge on any atom is 0.140 e.